The van der Waals surface area contributed by atoms with Crippen molar-refractivity contribution in [3.8, 4) is 5.75 Å². The molecule has 1 atom stereocenters. The third-order valence-corrected chi connectivity index (χ3v) is 5.36. The van der Waals surface area contributed by atoms with Crippen molar-refractivity contribution in [2.24, 2.45) is 0 Å². The molecule has 0 unspecified atom stereocenters. The highest BCUT2D eigenvalue weighted by Gasteiger charge is 2.23. The van der Waals surface area contributed by atoms with Gasteiger partial charge in [-0.3, -0.25) is 4.79 Å². The fraction of sp³-hybridized carbons (Fsp3) is 0.263. The Bertz CT molecular complexity index is 944. The largest absolute Gasteiger partial charge is 0.495 e. The van der Waals surface area contributed by atoms with Crippen LogP contribution in [0.15, 0.2) is 53.4 Å². The number of amides is 1. The topological polar surface area (TPSA) is 111 Å². The van der Waals surface area contributed by atoms with E-state index in [1.165, 1.54) is 33.2 Å². The third kappa shape index (κ3) is 5.30. The molecule has 8 nitrogen and oxygen atoms in total. The van der Waals surface area contributed by atoms with Gasteiger partial charge < -0.3 is 14.8 Å². The van der Waals surface area contributed by atoms with Crippen molar-refractivity contribution in [2.75, 3.05) is 14.2 Å². The van der Waals surface area contributed by atoms with E-state index in [9.17, 15) is 18.0 Å². The maximum absolute atomic E-state index is 12.3. The molecule has 9 heteroatoms. The van der Waals surface area contributed by atoms with Crippen molar-refractivity contribution in [3.05, 3.63) is 59.7 Å². The first-order chi connectivity index (χ1) is 13.3. The Kier molecular flexibility index (Phi) is 7.13. The number of esters is 1. The first kappa shape index (κ1) is 21.4. The molecule has 2 aromatic carbocycles. The zero-order valence-corrected chi connectivity index (χ0v) is 16.6. The zero-order valence-electron chi connectivity index (χ0n) is 15.8. The summed E-state index contributed by atoms with van der Waals surface area (Å²) in [5, 5.41) is 2.68. The number of benzene rings is 2. The molecule has 0 saturated heterocycles. The van der Waals surface area contributed by atoms with E-state index in [2.05, 4.69) is 10.0 Å². The summed E-state index contributed by atoms with van der Waals surface area (Å²) >= 11 is 0. The summed E-state index contributed by atoms with van der Waals surface area (Å²) in [7, 11) is -1.27. The molecule has 0 aliphatic carbocycles. The molecule has 0 saturated carbocycles. The minimum Gasteiger partial charge on any atom is -0.495 e. The quantitative estimate of drug-likeness (QED) is 0.642. The number of hydrogen-bond acceptors (Lipinski definition) is 6. The lowest BCUT2D eigenvalue weighted by molar-refractivity contribution is -0.129. The van der Waals surface area contributed by atoms with Gasteiger partial charge in [0.1, 0.15) is 10.6 Å². The molecule has 0 bridgehead atoms. The predicted octanol–water partition coefficient (Wildman–Crippen LogP) is 1.46. The molecule has 0 aliphatic rings. The van der Waals surface area contributed by atoms with Crippen LogP contribution >= 0.6 is 0 Å². The summed E-state index contributed by atoms with van der Waals surface area (Å²) in [4.78, 5) is 24.3. The van der Waals surface area contributed by atoms with E-state index in [-0.39, 0.29) is 16.2 Å². The first-order valence-corrected chi connectivity index (χ1v) is 9.91. The Labute approximate surface area is 163 Å². The average Bonchev–Trinajstić information content (AvgIpc) is 2.72. The van der Waals surface area contributed by atoms with Gasteiger partial charge in [0.25, 0.3) is 5.91 Å². The van der Waals surface area contributed by atoms with Crippen LogP contribution < -0.4 is 14.8 Å². The SMILES string of the molecule is CNS(=O)(=O)c1cc(C(=O)O[C@H](C)C(=O)NCc2ccccc2)ccc1OC. The van der Waals surface area contributed by atoms with Gasteiger partial charge >= 0.3 is 5.97 Å². The standard InChI is InChI=1S/C19H22N2O6S/c1-13(18(22)21-12-14-7-5-4-6-8-14)27-19(23)15-9-10-16(26-3)17(11-15)28(24,25)20-2/h4-11,13,20H,12H2,1-3H3,(H,21,22)/t13-/m1/s1. The summed E-state index contributed by atoms with van der Waals surface area (Å²) in [5.41, 5.74) is 0.892. The van der Waals surface area contributed by atoms with Crippen LogP contribution in [-0.4, -0.2) is 40.6 Å². The van der Waals surface area contributed by atoms with Gasteiger partial charge in [0, 0.05) is 6.54 Å². The number of methoxy groups -OCH3 is 1. The van der Waals surface area contributed by atoms with Gasteiger partial charge in [-0.25, -0.2) is 17.9 Å². The van der Waals surface area contributed by atoms with Gasteiger partial charge in [-0.05, 0) is 37.7 Å². The molecule has 0 spiro atoms. The highest BCUT2D eigenvalue weighted by Crippen LogP contribution is 2.25. The first-order valence-electron chi connectivity index (χ1n) is 8.42. The normalized spacial score (nSPS) is 12.1. The van der Waals surface area contributed by atoms with Crippen LogP contribution in [0.4, 0.5) is 0 Å². The van der Waals surface area contributed by atoms with Crippen LogP contribution in [0.1, 0.15) is 22.8 Å². The predicted molar refractivity (Wildman–Crippen MR) is 102 cm³/mol. The second-order valence-electron chi connectivity index (χ2n) is 5.82. The van der Waals surface area contributed by atoms with E-state index in [4.69, 9.17) is 9.47 Å². The monoisotopic (exact) mass is 406 g/mol. The van der Waals surface area contributed by atoms with E-state index in [0.29, 0.717) is 6.54 Å². The summed E-state index contributed by atoms with van der Waals surface area (Å²) in [6.45, 7) is 1.74. The van der Waals surface area contributed by atoms with Gasteiger partial charge in [-0.2, -0.15) is 0 Å². The van der Waals surface area contributed by atoms with Crippen LogP contribution in [0.5, 0.6) is 5.75 Å². The maximum Gasteiger partial charge on any atom is 0.338 e. The Morgan fingerprint density at radius 3 is 2.39 bits per heavy atom. The van der Waals surface area contributed by atoms with Gasteiger partial charge in [0.05, 0.1) is 12.7 Å². The van der Waals surface area contributed by atoms with Crippen molar-refractivity contribution < 1.29 is 27.5 Å². The molecule has 0 radical (unpaired) electrons. The van der Waals surface area contributed by atoms with Crippen LogP contribution in [-0.2, 0) is 26.1 Å². The number of carbonyl (C=O) groups excluding carboxylic acids is 2. The Balaban J connectivity index is 2.07. The molecule has 0 aliphatic heterocycles. The molecule has 28 heavy (non-hydrogen) atoms. The number of carbonyl (C=O) groups is 2. The lowest BCUT2D eigenvalue weighted by atomic mass is 10.2. The van der Waals surface area contributed by atoms with Crippen molar-refractivity contribution in [1.29, 1.82) is 0 Å². The van der Waals surface area contributed by atoms with E-state index in [0.717, 1.165) is 11.6 Å². The second-order valence-corrected chi connectivity index (χ2v) is 7.68. The van der Waals surface area contributed by atoms with Crippen LogP contribution in [0.25, 0.3) is 0 Å². The average molecular weight is 406 g/mol. The summed E-state index contributed by atoms with van der Waals surface area (Å²) < 4.78 is 36.5. The zero-order chi connectivity index (χ0) is 20.7. The lowest BCUT2D eigenvalue weighted by Gasteiger charge is -2.15. The number of rotatable bonds is 8. The van der Waals surface area contributed by atoms with E-state index in [1.807, 2.05) is 30.3 Å². The summed E-state index contributed by atoms with van der Waals surface area (Å²) in [5.74, 6) is -1.20. The number of ether oxygens (including phenoxy) is 2. The molecule has 0 heterocycles. The van der Waals surface area contributed by atoms with Crippen molar-refractivity contribution in [3.63, 3.8) is 0 Å². The molecule has 1 amide bonds. The fourth-order valence-corrected chi connectivity index (χ4v) is 3.25. The highest BCUT2D eigenvalue weighted by molar-refractivity contribution is 7.89. The van der Waals surface area contributed by atoms with Crippen LogP contribution in [0, 0.1) is 0 Å². The molecular weight excluding hydrogens is 384 g/mol. The Morgan fingerprint density at radius 2 is 1.79 bits per heavy atom. The van der Waals surface area contributed by atoms with Crippen molar-refractivity contribution in [2.45, 2.75) is 24.5 Å². The van der Waals surface area contributed by atoms with Crippen LogP contribution in [0.2, 0.25) is 0 Å². The van der Waals surface area contributed by atoms with Crippen molar-refractivity contribution >= 4 is 21.9 Å². The fourth-order valence-electron chi connectivity index (χ4n) is 2.33. The minimum absolute atomic E-state index is 0.0164. The Morgan fingerprint density at radius 1 is 1.11 bits per heavy atom. The molecular formula is C19H22N2O6S. The van der Waals surface area contributed by atoms with Gasteiger partial charge in [0.2, 0.25) is 10.0 Å². The molecule has 2 N–H and O–H groups in total. The summed E-state index contributed by atoms with van der Waals surface area (Å²) in [6, 6.07) is 13.1. The number of sulfonamides is 1. The van der Waals surface area contributed by atoms with E-state index in [1.54, 1.807) is 0 Å². The third-order valence-electron chi connectivity index (χ3n) is 3.92. The molecule has 0 aromatic heterocycles. The highest BCUT2D eigenvalue weighted by atomic mass is 32.2. The van der Waals surface area contributed by atoms with E-state index < -0.39 is 28.0 Å². The molecule has 2 rings (SSSR count). The van der Waals surface area contributed by atoms with Gasteiger partial charge in [-0.15, -0.1) is 0 Å². The minimum atomic E-state index is -3.84. The van der Waals surface area contributed by atoms with Gasteiger partial charge in [-0.1, -0.05) is 30.3 Å². The van der Waals surface area contributed by atoms with Crippen LogP contribution in [0.3, 0.4) is 0 Å². The summed E-state index contributed by atoms with van der Waals surface area (Å²) in [6.07, 6.45) is -1.05. The lowest BCUT2D eigenvalue weighted by Crippen LogP contribution is -2.35. The smallest absolute Gasteiger partial charge is 0.338 e. The molecule has 2 aromatic rings. The Hall–Kier alpha value is -2.91. The molecule has 150 valence electrons. The molecule has 0 fully saturated rings. The van der Waals surface area contributed by atoms with Crippen molar-refractivity contribution in [1.82, 2.24) is 10.0 Å². The van der Waals surface area contributed by atoms with E-state index >= 15 is 0 Å². The number of hydrogen-bond donors (Lipinski definition) is 2. The number of nitrogens with one attached hydrogen (secondary N) is 2. The second kappa shape index (κ2) is 9.34. The van der Waals surface area contributed by atoms with Gasteiger partial charge in [0.15, 0.2) is 6.10 Å². The maximum atomic E-state index is 12.3.